The second-order valence-corrected chi connectivity index (χ2v) is 3.34. The van der Waals surface area contributed by atoms with E-state index >= 15 is 0 Å². The van der Waals surface area contributed by atoms with E-state index < -0.39 is 17.8 Å². The lowest BCUT2D eigenvalue weighted by atomic mass is 10.1. The van der Waals surface area contributed by atoms with E-state index in [0.717, 1.165) is 6.07 Å². The molecule has 0 amide bonds. The van der Waals surface area contributed by atoms with Crippen molar-refractivity contribution in [3.05, 3.63) is 28.5 Å². The van der Waals surface area contributed by atoms with E-state index in [-0.39, 0.29) is 17.3 Å². The number of nitrogens with zero attached hydrogens (tertiary/aromatic N) is 1. The Morgan fingerprint density at radius 3 is 2.47 bits per heavy atom. The van der Waals surface area contributed by atoms with Crippen molar-refractivity contribution in [2.75, 3.05) is 6.54 Å². The van der Waals surface area contributed by atoms with Gasteiger partial charge < -0.3 is 11.5 Å². The van der Waals surface area contributed by atoms with Gasteiger partial charge in [0, 0.05) is 12.7 Å². The van der Waals surface area contributed by atoms with E-state index in [1.54, 1.807) is 0 Å². The maximum Gasteiger partial charge on any atom is 0.417 e. The second-order valence-electron chi connectivity index (χ2n) is 2.93. The summed E-state index contributed by atoms with van der Waals surface area (Å²) < 4.78 is 36.7. The van der Waals surface area contributed by atoms with Crippen molar-refractivity contribution in [2.24, 2.45) is 11.5 Å². The van der Waals surface area contributed by atoms with E-state index in [9.17, 15) is 13.2 Å². The largest absolute Gasteiger partial charge is 0.417 e. The minimum absolute atomic E-state index is 0.0675. The van der Waals surface area contributed by atoms with Gasteiger partial charge in [-0.1, -0.05) is 11.6 Å². The number of alkyl halides is 3. The predicted molar refractivity (Wildman–Crippen MR) is 50.2 cm³/mol. The third kappa shape index (κ3) is 2.80. The molecule has 0 aliphatic rings. The van der Waals surface area contributed by atoms with Crippen LogP contribution < -0.4 is 11.5 Å². The number of halogens is 4. The molecule has 4 N–H and O–H groups in total. The molecule has 1 aromatic heterocycles. The van der Waals surface area contributed by atoms with Crippen molar-refractivity contribution in [3.63, 3.8) is 0 Å². The summed E-state index contributed by atoms with van der Waals surface area (Å²) in [7, 11) is 0. The molecule has 3 nitrogen and oxygen atoms in total. The fourth-order valence-electron chi connectivity index (χ4n) is 0.988. The summed E-state index contributed by atoms with van der Waals surface area (Å²) in [4.78, 5) is 3.56. The third-order valence-electron chi connectivity index (χ3n) is 1.80. The Morgan fingerprint density at radius 1 is 1.47 bits per heavy atom. The molecule has 7 heteroatoms. The van der Waals surface area contributed by atoms with Crippen molar-refractivity contribution < 1.29 is 13.2 Å². The molecule has 84 valence electrons. The SMILES string of the molecule is NCC(N)c1ncc(C(F)(F)F)cc1Cl. The molecule has 0 radical (unpaired) electrons. The molecule has 0 saturated heterocycles. The highest BCUT2D eigenvalue weighted by Crippen LogP contribution is 2.31. The molecule has 0 aliphatic carbocycles. The average molecular weight is 240 g/mol. The van der Waals surface area contributed by atoms with Crippen LogP contribution in [0.1, 0.15) is 17.3 Å². The van der Waals surface area contributed by atoms with Crippen molar-refractivity contribution in [2.45, 2.75) is 12.2 Å². The van der Waals surface area contributed by atoms with Crippen molar-refractivity contribution in [1.29, 1.82) is 0 Å². The van der Waals surface area contributed by atoms with E-state index in [1.165, 1.54) is 0 Å². The van der Waals surface area contributed by atoms with Crippen LogP contribution in [0, 0.1) is 0 Å². The zero-order valence-corrected chi connectivity index (χ0v) is 8.31. The van der Waals surface area contributed by atoms with E-state index in [4.69, 9.17) is 23.1 Å². The second kappa shape index (κ2) is 4.34. The minimum Gasteiger partial charge on any atom is -0.329 e. The van der Waals surface area contributed by atoms with Crippen LogP contribution in [0.2, 0.25) is 5.02 Å². The van der Waals surface area contributed by atoms with Crippen LogP contribution in [0.3, 0.4) is 0 Å². The Balaban J connectivity index is 3.09. The van der Waals surface area contributed by atoms with Gasteiger partial charge in [-0.3, -0.25) is 4.98 Å². The van der Waals surface area contributed by atoms with Crippen LogP contribution in [0.4, 0.5) is 13.2 Å². The van der Waals surface area contributed by atoms with Crippen molar-refractivity contribution in [3.8, 4) is 0 Å². The zero-order valence-electron chi connectivity index (χ0n) is 7.55. The smallest absolute Gasteiger partial charge is 0.329 e. The first-order valence-electron chi connectivity index (χ1n) is 4.04. The number of pyridine rings is 1. The number of rotatable bonds is 2. The van der Waals surface area contributed by atoms with Gasteiger partial charge in [0.15, 0.2) is 0 Å². The normalized spacial score (nSPS) is 14.0. The number of aromatic nitrogens is 1. The van der Waals surface area contributed by atoms with Crippen LogP contribution in [0.5, 0.6) is 0 Å². The van der Waals surface area contributed by atoms with Gasteiger partial charge in [-0.25, -0.2) is 0 Å². The molecule has 0 aliphatic heterocycles. The van der Waals surface area contributed by atoms with Crippen LogP contribution in [0.15, 0.2) is 12.3 Å². The third-order valence-corrected chi connectivity index (χ3v) is 2.10. The molecule has 1 unspecified atom stereocenters. The Kier molecular flexibility index (Phi) is 3.54. The van der Waals surface area contributed by atoms with Crippen LogP contribution in [-0.4, -0.2) is 11.5 Å². The fourth-order valence-corrected chi connectivity index (χ4v) is 1.29. The lowest BCUT2D eigenvalue weighted by Crippen LogP contribution is -2.22. The Labute approximate surface area is 89.2 Å². The van der Waals surface area contributed by atoms with Gasteiger partial charge in [0.2, 0.25) is 0 Å². The average Bonchev–Trinajstić information content (AvgIpc) is 2.15. The summed E-state index contributed by atoms with van der Waals surface area (Å²) in [5, 5.41) is -0.122. The van der Waals surface area contributed by atoms with Gasteiger partial charge in [-0.05, 0) is 6.07 Å². The first-order valence-corrected chi connectivity index (χ1v) is 4.42. The van der Waals surface area contributed by atoms with E-state index in [0.29, 0.717) is 6.20 Å². The summed E-state index contributed by atoms with van der Waals surface area (Å²) in [5.74, 6) is 0. The Bertz CT molecular complexity index is 353. The molecular weight excluding hydrogens is 231 g/mol. The fraction of sp³-hybridized carbons (Fsp3) is 0.375. The summed E-state index contributed by atoms with van der Waals surface area (Å²) in [5.41, 5.74) is 10.0. The van der Waals surface area contributed by atoms with Gasteiger partial charge in [0.1, 0.15) is 0 Å². The Morgan fingerprint density at radius 2 is 2.07 bits per heavy atom. The molecule has 0 spiro atoms. The molecule has 1 heterocycles. The van der Waals surface area contributed by atoms with Gasteiger partial charge in [0.25, 0.3) is 0 Å². The highest BCUT2D eigenvalue weighted by Gasteiger charge is 2.31. The molecule has 1 aromatic rings. The first kappa shape index (κ1) is 12.2. The molecule has 1 rings (SSSR count). The monoisotopic (exact) mass is 239 g/mol. The van der Waals surface area contributed by atoms with Gasteiger partial charge in [-0.2, -0.15) is 13.2 Å². The van der Waals surface area contributed by atoms with Crippen LogP contribution in [0.25, 0.3) is 0 Å². The van der Waals surface area contributed by atoms with Crippen molar-refractivity contribution in [1.82, 2.24) is 4.98 Å². The molecule has 0 bridgehead atoms. The summed E-state index contributed by atoms with van der Waals surface area (Å²) in [6.45, 7) is 0.0675. The highest BCUT2D eigenvalue weighted by molar-refractivity contribution is 6.31. The minimum atomic E-state index is -4.46. The first-order chi connectivity index (χ1) is 6.86. The molecule has 1 atom stereocenters. The topological polar surface area (TPSA) is 64.9 Å². The zero-order chi connectivity index (χ0) is 11.6. The van der Waals surface area contributed by atoms with Gasteiger partial charge in [-0.15, -0.1) is 0 Å². The van der Waals surface area contributed by atoms with Crippen LogP contribution in [-0.2, 0) is 6.18 Å². The van der Waals surface area contributed by atoms with Gasteiger partial charge >= 0.3 is 6.18 Å². The summed E-state index contributed by atoms with van der Waals surface area (Å²) in [6.07, 6.45) is -3.77. The van der Waals surface area contributed by atoms with E-state index in [1.807, 2.05) is 0 Å². The molecule has 0 saturated carbocycles. The maximum atomic E-state index is 12.2. The lowest BCUT2D eigenvalue weighted by Gasteiger charge is -2.12. The summed E-state index contributed by atoms with van der Waals surface area (Å²) in [6, 6.07) is 0.138. The van der Waals surface area contributed by atoms with E-state index in [2.05, 4.69) is 4.98 Å². The predicted octanol–water partition coefficient (Wildman–Crippen LogP) is 1.71. The lowest BCUT2D eigenvalue weighted by molar-refractivity contribution is -0.137. The quantitative estimate of drug-likeness (QED) is 0.826. The van der Waals surface area contributed by atoms with Crippen molar-refractivity contribution >= 4 is 11.6 Å². The molecular formula is C8H9ClF3N3. The van der Waals surface area contributed by atoms with Crippen LogP contribution >= 0.6 is 11.6 Å². The number of hydrogen-bond donors (Lipinski definition) is 2. The highest BCUT2D eigenvalue weighted by atomic mass is 35.5. The molecule has 0 aromatic carbocycles. The molecule has 0 fully saturated rings. The number of hydrogen-bond acceptors (Lipinski definition) is 3. The number of nitrogens with two attached hydrogens (primary N) is 2. The summed E-state index contributed by atoms with van der Waals surface area (Å²) >= 11 is 5.61. The van der Waals surface area contributed by atoms with Gasteiger partial charge in [0.05, 0.1) is 22.3 Å². The maximum absolute atomic E-state index is 12.2. The Hall–Kier alpha value is -0.850. The molecule has 15 heavy (non-hydrogen) atoms. The standard InChI is InChI=1S/C8H9ClF3N3/c9-5-1-4(8(10,11)12)3-15-7(5)6(14)2-13/h1,3,6H,2,13-14H2.